The van der Waals surface area contributed by atoms with Crippen molar-refractivity contribution in [2.24, 2.45) is 5.73 Å². The van der Waals surface area contributed by atoms with Gasteiger partial charge in [-0.05, 0) is 38.8 Å². The molecule has 2 aromatic rings. The van der Waals surface area contributed by atoms with Crippen molar-refractivity contribution in [3.8, 4) is 0 Å². The average molecular weight is 380 g/mol. The molecule has 5 nitrogen and oxygen atoms in total. The number of nitrogens with two attached hydrogens (primary N) is 1. The number of ether oxygens (including phenoxy) is 1. The highest BCUT2D eigenvalue weighted by Crippen LogP contribution is 2.21. The number of hydrogen-bond donors (Lipinski definition) is 1. The Labute approximate surface area is 166 Å². The second-order valence-electron chi connectivity index (χ2n) is 7.25. The number of hydrogen-bond acceptors (Lipinski definition) is 4. The zero-order chi connectivity index (χ0) is 19.9. The summed E-state index contributed by atoms with van der Waals surface area (Å²) in [7, 11) is 0. The molecule has 2 aromatic carbocycles. The summed E-state index contributed by atoms with van der Waals surface area (Å²) in [5, 5.41) is 0. The second kappa shape index (κ2) is 9.62. The maximum Gasteiger partial charge on any atom is 0.254 e. The van der Waals surface area contributed by atoms with Crippen molar-refractivity contribution in [1.29, 1.82) is 0 Å². The quantitative estimate of drug-likeness (QED) is 0.591. The maximum atomic E-state index is 13.1. The van der Waals surface area contributed by atoms with Gasteiger partial charge in [0.1, 0.15) is 0 Å². The first-order valence-electron chi connectivity index (χ1n) is 9.91. The Morgan fingerprint density at radius 3 is 2.32 bits per heavy atom. The number of rotatable bonds is 7. The lowest BCUT2D eigenvalue weighted by Crippen LogP contribution is -2.41. The SMILES string of the molecule is Cc1ccc(C(=O)c2ccccc2C(=O)N2CCC(OCCCN)CC2)cc1. The Balaban J connectivity index is 1.70. The van der Waals surface area contributed by atoms with Crippen LogP contribution in [0.3, 0.4) is 0 Å². The summed E-state index contributed by atoms with van der Waals surface area (Å²) in [5.41, 5.74) is 8.11. The highest BCUT2D eigenvalue weighted by atomic mass is 16.5. The molecule has 0 unspecified atom stereocenters. The third-order valence-electron chi connectivity index (χ3n) is 5.15. The van der Waals surface area contributed by atoms with Gasteiger partial charge in [-0.25, -0.2) is 0 Å². The minimum atomic E-state index is -0.121. The van der Waals surface area contributed by atoms with E-state index in [9.17, 15) is 9.59 Å². The topological polar surface area (TPSA) is 72.6 Å². The molecule has 1 aliphatic rings. The van der Waals surface area contributed by atoms with Gasteiger partial charge in [-0.3, -0.25) is 9.59 Å². The van der Waals surface area contributed by atoms with E-state index in [0.29, 0.717) is 42.9 Å². The molecule has 1 aliphatic heterocycles. The van der Waals surface area contributed by atoms with Crippen molar-refractivity contribution < 1.29 is 14.3 Å². The number of ketones is 1. The lowest BCUT2D eigenvalue weighted by Gasteiger charge is -2.32. The first kappa shape index (κ1) is 20.2. The number of amides is 1. The van der Waals surface area contributed by atoms with Crippen molar-refractivity contribution in [2.45, 2.75) is 32.3 Å². The molecule has 28 heavy (non-hydrogen) atoms. The van der Waals surface area contributed by atoms with Crippen LogP contribution >= 0.6 is 0 Å². The van der Waals surface area contributed by atoms with Crippen LogP contribution in [-0.2, 0) is 4.74 Å². The van der Waals surface area contributed by atoms with Crippen LogP contribution in [-0.4, -0.2) is 48.9 Å². The number of piperidine rings is 1. The Morgan fingerprint density at radius 2 is 1.68 bits per heavy atom. The van der Waals surface area contributed by atoms with Gasteiger partial charge in [-0.15, -0.1) is 0 Å². The number of carbonyl (C=O) groups excluding carboxylic acids is 2. The monoisotopic (exact) mass is 380 g/mol. The molecular formula is C23H28N2O3. The molecule has 5 heteroatoms. The normalized spacial score (nSPS) is 14.9. The van der Waals surface area contributed by atoms with Gasteiger partial charge in [0.15, 0.2) is 5.78 Å². The Kier molecular flexibility index (Phi) is 6.95. The largest absolute Gasteiger partial charge is 0.378 e. The summed E-state index contributed by atoms with van der Waals surface area (Å²) in [6, 6.07) is 14.5. The molecular weight excluding hydrogens is 352 g/mol. The van der Waals surface area contributed by atoms with E-state index < -0.39 is 0 Å². The van der Waals surface area contributed by atoms with Crippen molar-refractivity contribution in [2.75, 3.05) is 26.2 Å². The number of carbonyl (C=O) groups is 2. The molecule has 148 valence electrons. The number of aryl methyl sites for hydroxylation is 1. The summed E-state index contributed by atoms with van der Waals surface area (Å²) in [5.74, 6) is -0.208. The minimum absolute atomic E-state index is 0.0866. The molecule has 0 aliphatic carbocycles. The second-order valence-corrected chi connectivity index (χ2v) is 7.25. The van der Waals surface area contributed by atoms with Crippen LogP contribution in [0.25, 0.3) is 0 Å². The first-order valence-corrected chi connectivity index (χ1v) is 9.91. The molecule has 3 rings (SSSR count). The van der Waals surface area contributed by atoms with Crippen LogP contribution in [0.5, 0.6) is 0 Å². The zero-order valence-corrected chi connectivity index (χ0v) is 16.4. The van der Waals surface area contributed by atoms with Gasteiger partial charge in [-0.1, -0.05) is 48.0 Å². The van der Waals surface area contributed by atoms with Crippen molar-refractivity contribution >= 4 is 11.7 Å². The first-order chi connectivity index (χ1) is 13.6. The fourth-order valence-corrected chi connectivity index (χ4v) is 3.46. The predicted octanol–water partition coefficient (Wildman–Crippen LogP) is 3.20. The Hall–Kier alpha value is -2.50. The van der Waals surface area contributed by atoms with E-state index in [2.05, 4.69) is 0 Å². The van der Waals surface area contributed by atoms with Crippen LogP contribution in [0.4, 0.5) is 0 Å². The van der Waals surface area contributed by atoms with Crippen LogP contribution < -0.4 is 5.73 Å². The number of benzene rings is 2. The van der Waals surface area contributed by atoms with Gasteiger partial charge in [0, 0.05) is 30.8 Å². The van der Waals surface area contributed by atoms with Crippen molar-refractivity contribution in [3.05, 3.63) is 70.8 Å². The van der Waals surface area contributed by atoms with Crippen molar-refractivity contribution in [3.63, 3.8) is 0 Å². The summed E-state index contributed by atoms with van der Waals surface area (Å²) in [6.45, 7) is 4.56. The lowest BCUT2D eigenvalue weighted by molar-refractivity contribution is 0.00840. The molecule has 2 N–H and O–H groups in total. The Morgan fingerprint density at radius 1 is 1.04 bits per heavy atom. The molecule has 1 heterocycles. The third-order valence-corrected chi connectivity index (χ3v) is 5.15. The lowest BCUT2D eigenvalue weighted by atomic mass is 9.96. The molecule has 0 atom stereocenters. The summed E-state index contributed by atoms with van der Waals surface area (Å²) in [6.07, 6.45) is 2.66. The van der Waals surface area contributed by atoms with E-state index in [1.807, 2.05) is 42.2 Å². The summed E-state index contributed by atoms with van der Waals surface area (Å²) < 4.78 is 5.81. The number of likely N-dealkylation sites (tertiary alicyclic amines) is 1. The maximum absolute atomic E-state index is 13.1. The van der Waals surface area contributed by atoms with Gasteiger partial charge in [0.25, 0.3) is 5.91 Å². The molecule has 0 bridgehead atoms. The van der Waals surface area contributed by atoms with E-state index in [4.69, 9.17) is 10.5 Å². The Bertz CT molecular complexity index is 809. The van der Waals surface area contributed by atoms with Gasteiger partial charge in [0.2, 0.25) is 0 Å². The smallest absolute Gasteiger partial charge is 0.254 e. The predicted molar refractivity (Wildman–Crippen MR) is 110 cm³/mol. The van der Waals surface area contributed by atoms with Crippen LogP contribution in [0.15, 0.2) is 48.5 Å². The molecule has 0 saturated carbocycles. The number of nitrogens with zero attached hydrogens (tertiary/aromatic N) is 1. The fourth-order valence-electron chi connectivity index (χ4n) is 3.46. The van der Waals surface area contributed by atoms with Gasteiger partial charge in [-0.2, -0.15) is 0 Å². The van der Waals surface area contributed by atoms with E-state index >= 15 is 0 Å². The van der Waals surface area contributed by atoms with E-state index in [1.165, 1.54) is 0 Å². The summed E-state index contributed by atoms with van der Waals surface area (Å²) >= 11 is 0. The van der Waals surface area contributed by atoms with Gasteiger partial charge < -0.3 is 15.4 Å². The van der Waals surface area contributed by atoms with E-state index in [0.717, 1.165) is 24.8 Å². The fraction of sp³-hybridized carbons (Fsp3) is 0.391. The highest BCUT2D eigenvalue weighted by molar-refractivity contribution is 6.15. The molecule has 1 amide bonds. The molecule has 1 saturated heterocycles. The summed E-state index contributed by atoms with van der Waals surface area (Å²) in [4.78, 5) is 27.9. The molecule has 1 fully saturated rings. The van der Waals surface area contributed by atoms with Crippen LogP contribution in [0.1, 0.15) is 51.1 Å². The average Bonchev–Trinajstić information content (AvgIpc) is 2.74. The minimum Gasteiger partial charge on any atom is -0.378 e. The standard InChI is InChI=1S/C23H28N2O3/c1-17-7-9-18(10-8-17)22(26)20-5-2-3-6-21(20)23(27)25-14-11-19(12-15-25)28-16-4-13-24/h2-3,5-10,19H,4,11-16,24H2,1H3. The highest BCUT2D eigenvalue weighted by Gasteiger charge is 2.26. The van der Waals surface area contributed by atoms with Gasteiger partial charge in [0.05, 0.1) is 11.7 Å². The van der Waals surface area contributed by atoms with Crippen molar-refractivity contribution in [1.82, 2.24) is 4.90 Å². The zero-order valence-electron chi connectivity index (χ0n) is 16.4. The third kappa shape index (κ3) is 4.86. The van der Waals surface area contributed by atoms with Gasteiger partial charge >= 0.3 is 0 Å². The van der Waals surface area contributed by atoms with E-state index in [-0.39, 0.29) is 17.8 Å². The molecule has 0 aromatic heterocycles. The molecule has 0 radical (unpaired) electrons. The molecule has 0 spiro atoms. The van der Waals surface area contributed by atoms with E-state index in [1.54, 1.807) is 18.2 Å². The van der Waals surface area contributed by atoms with Crippen LogP contribution in [0, 0.1) is 6.92 Å². The van der Waals surface area contributed by atoms with Crippen LogP contribution in [0.2, 0.25) is 0 Å².